The minimum Gasteiger partial charge on any atom is -0.497 e. The Morgan fingerprint density at radius 2 is 2.07 bits per heavy atom. The summed E-state index contributed by atoms with van der Waals surface area (Å²) in [7, 11) is 3.58. The minimum atomic E-state index is 0.852. The largest absolute Gasteiger partial charge is 0.497 e. The van der Waals surface area contributed by atoms with Gasteiger partial charge in [-0.25, -0.2) is 0 Å². The molecule has 1 heterocycles. The van der Waals surface area contributed by atoms with Crippen molar-refractivity contribution in [3.8, 4) is 5.75 Å². The number of rotatable bonds is 2. The second kappa shape index (κ2) is 3.77. The van der Waals surface area contributed by atoms with E-state index in [1.165, 1.54) is 0 Å². The summed E-state index contributed by atoms with van der Waals surface area (Å²) in [6, 6.07) is 7.92. The molecular weight excluding hydrogens is 188 g/mol. The molecule has 0 spiro atoms. The molecule has 0 unspecified atom stereocenters. The van der Waals surface area contributed by atoms with Gasteiger partial charge in [0.15, 0.2) is 0 Å². The molecule has 78 valence electrons. The van der Waals surface area contributed by atoms with Gasteiger partial charge in [0.1, 0.15) is 5.75 Å². The van der Waals surface area contributed by atoms with Crippen LogP contribution in [0.4, 0.5) is 5.69 Å². The number of hydrogen-bond acceptors (Lipinski definition) is 3. The maximum atomic E-state index is 5.20. The third-order valence-corrected chi connectivity index (χ3v) is 2.41. The highest BCUT2D eigenvalue weighted by molar-refractivity contribution is 5.92. The molecule has 2 aromatic rings. The zero-order valence-electron chi connectivity index (χ0n) is 9.16. The van der Waals surface area contributed by atoms with Crippen LogP contribution >= 0.6 is 0 Å². The fraction of sp³-hybridized carbons (Fsp3) is 0.250. The zero-order valence-corrected chi connectivity index (χ0v) is 9.16. The number of hydrogen-bond donors (Lipinski definition) is 1. The fourth-order valence-electron chi connectivity index (χ4n) is 1.67. The Morgan fingerprint density at radius 1 is 1.27 bits per heavy atom. The summed E-state index contributed by atoms with van der Waals surface area (Å²) >= 11 is 0. The number of methoxy groups -OCH3 is 1. The predicted octanol–water partition coefficient (Wildman–Crippen LogP) is 2.59. The number of ether oxygens (including phenoxy) is 1. The molecule has 3 nitrogen and oxygen atoms in total. The topological polar surface area (TPSA) is 34.2 Å². The molecule has 0 aliphatic rings. The van der Waals surface area contributed by atoms with Crippen molar-refractivity contribution in [2.75, 3.05) is 19.5 Å². The van der Waals surface area contributed by atoms with Gasteiger partial charge in [0.05, 0.1) is 12.6 Å². The van der Waals surface area contributed by atoms with E-state index in [4.69, 9.17) is 4.74 Å². The lowest BCUT2D eigenvalue weighted by Gasteiger charge is -2.08. The maximum absolute atomic E-state index is 5.20. The van der Waals surface area contributed by atoms with Crippen molar-refractivity contribution < 1.29 is 4.74 Å². The van der Waals surface area contributed by atoms with Crippen molar-refractivity contribution in [2.45, 2.75) is 6.92 Å². The molecule has 0 aliphatic carbocycles. The molecule has 1 aromatic carbocycles. The average molecular weight is 202 g/mol. The van der Waals surface area contributed by atoms with Crippen molar-refractivity contribution in [1.29, 1.82) is 0 Å². The number of anilines is 1. The van der Waals surface area contributed by atoms with E-state index in [2.05, 4.69) is 10.3 Å². The molecule has 0 radical (unpaired) electrons. The number of fused-ring (bicyclic) bond motifs is 1. The van der Waals surface area contributed by atoms with Crippen LogP contribution in [0.15, 0.2) is 24.3 Å². The Balaban J connectivity index is 2.73. The van der Waals surface area contributed by atoms with E-state index in [-0.39, 0.29) is 0 Å². The van der Waals surface area contributed by atoms with Gasteiger partial charge in [0.2, 0.25) is 0 Å². The standard InChI is InChI=1S/C12H14N2O/c1-8-6-12(13-2)10-7-9(15-3)4-5-11(10)14-8/h4-7H,1-3H3,(H,13,14). The van der Waals surface area contributed by atoms with Crippen LogP contribution < -0.4 is 10.1 Å². The van der Waals surface area contributed by atoms with Gasteiger partial charge in [-0.2, -0.15) is 0 Å². The van der Waals surface area contributed by atoms with Crippen LogP contribution in [-0.2, 0) is 0 Å². The summed E-state index contributed by atoms with van der Waals surface area (Å²) in [5.74, 6) is 0.852. The molecule has 0 aliphatic heterocycles. The highest BCUT2D eigenvalue weighted by Gasteiger charge is 2.03. The second-order valence-corrected chi connectivity index (χ2v) is 3.44. The first kappa shape index (κ1) is 9.77. The number of aromatic nitrogens is 1. The van der Waals surface area contributed by atoms with Crippen LogP contribution in [0.2, 0.25) is 0 Å². The van der Waals surface area contributed by atoms with Gasteiger partial charge in [-0.1, -0.05) is 0 Å². The Morgan fingerprint density at radius 3 is 2.73 bits per heavy atom. The van der Waals surface area contributed by atoms with Crippen LogP contribution in [0.5, 0.6) is 5.75 Å². The van der Waals surface area contributed by atoms with Gasteiger partial charge in [0.25, 0.3) is 0 Å². The minimum absolute atomic E-state index is 0.852. The van der Waals surface area contributed by atoms with Crippen molar-refractivity contribution in [3.63, 3.8) is 0 Å². The smallest absolute Gasteiger partial charge is 0.119 e. The Bertz CT molecular complexity index is 494. The molecule has 1 N–H and O–H groups in total. The van der Waals surface area contributed by atoms with E-state index in [1.807, 2.05) is 38.2 Å². The lowest BCUT2D eigenvalue weighted by Crippen LogP contribution is -1.94. The average Bonchev–Trinajstić information content (AvgIpc) is 2.27. The van der Waals surface area contributed by atoms with E-state index in [0.717, 1.165) is 28.0 Å². The fourth-order valence-corrected chi connectivity index (χ4v) is 1.67. The molecule has 0 saturated heterocycles. The number of pyridine rings is 1. The van der Waals surface area contributed by atoms with Gasteiger partial charge in [0, 0.05) is 23.8 Å². The van der Waals surface area contributed by atoms with Gasteiger partial charge < -0.3 is 10.1 Å². The first-order valence-corrected chi connectivity index (χ1v) is 4.87. The maximum Gasteiger partial charge on any atom is 0.119 e. The predicted molar refractivity (Wildman–Crippen MR) is 62.6 cm³/mol. The van der Waals surface area contributed by atoms with Crippen LogP contribution in [0.1, 0.15) is 5.69 Å². The molecular formula is C12H14N2O. The summed E-state index contributed by atoms with van der Waals surface area (Å²) in [6.07, 6.45) is 0. The monoisotopic (exact) mass is 202 g/mol. The highest BCUT2D eigenvalue weighted by Crippen LogP contribution is 2.26. The Labute approximate surface area is 89.1 Å². The van der Waals surface area contributed by atoms with E-state index >= 15 is 0 Å². The van der Waals surface area contributed by atoms with Gasteiger partial charge in [-0.05, 0) is 31.2 Å². The zero-order chi connectivity index (χ0) is 10.8. The van der Waals surface area contributed by atoms with Crippen LogP contribution in [-0.4, -0.2) is 19.1 Å². The summed E-state index contributed by atoms with van der Waals surface area (Å²) < 4.78 is 5.20. The Kier molecular flexibility index (Phi) is 2.46. The van der Waals surface area contributed by atoms with Crippen LogP contribution in [0.25, 0.3) is 10.9 Å². The second-order valence-electron chi connectivity index (χ2n) is 3.44. The summed E-state index contributed by atoms with van der Waals surface area (Å²) in [5.41, 5.74) is 3.08. The Hall–Kier alpha value is -1.77. The van der Waals surface area contributed by atoms with Crippen molar-refractivity contribution in [3.05, 3.63) is 30.0 Å². The summed E-state index contributed by atoms with van der Waals surface area (Å²) in [5, 5.41) is 4.25. The lowest BCUT2D eigenvalue weighted by molar-refractivity contribution is 0.415. The highest BCUT2D eigenvalue weighted by atomic mass is 16.5. The van der Waals surface area contributed by atoms with Gasteiger partial charge in [-0.15, -0.1) is 0 Å². The number of nitrogens with one attached hydrogen (secondary N) is 1. The van der Waals surface area contributed by atoms with Crippen LogP contribution in [0, 0.1) is 6.92 Å². The molecule has 2 rings (SSSR count). The van der Waals surface area contributed by atoms with E-state index in [9.17, 15) is 0 Å². The van der Waals surface area contributed by atoms with Crippen LogP contribution in [0.3, 0.4) is 0 Å². The summed E-state index contributed by atoms with van der Waals surface area (Å²) in [4.78, 5) is 4.46. The van der Waals surface area contributed by atoms with E-state index in [0.29, 0.717) is 0 Å². The third kappa shape index (κ3) is 1.73. The van der Waals surface area contributed by atoms with E-state index < -0.39 is 0 Å². The normalized spacial score (nSPS) is 10.3. The molecule has 0 atom stereocenters. The molecule has 1 aromatic heterocycles. The number of nitrogens with zero attached hydrogens (tertiary/aromatic N) is 1. The molecule has 0 saturated carbocycles. The third-order valence-electron chi connectivity index (χ3n) is 2.41. The number of benzene rings is 1. The molecule has 0 bridgehead atoms. The number of aryl methyl sites for hydroxylation is 1. The quantitative estimate of drug-likeness (QED) is 0.812. The molecule has 0 fully saturated rings. The van der Waals surface area contributed by atoms with Crippen molar-refractivity contribution in [2.24, 2.45) is 0 Å². The first-order valence-electron chi connectivity index (χ1n) is 4.87. The molecule has 15 heavy (non-hydrogen) atoms. The van der Waals surface area contributed by atoms with Crippen molar-refractivity contribution >= 4 is 16.6 Å². The first-order chi connectivity index (χ1) is 7.24. The lowest BCUT2D eigenvalue weighted by atomic mass is 10.1. The van der Waals surface area contributed by atoms with Crippen molar-refractivity contribution in [1.82, 2.24) is 4.98 Å². The van der Waals surface area contributed by atoms with Gasteiger partial charge >= 0.3 is 0 Å². The molecule has 0 amide bonds. The summed E-state index contributed by atoms with van der Waals surface area (Å²) in [6.45, 7) is 1.99. The van der Waals surface area contributed by atoms with E-state index in [1.54, 1.807) is 7.11 Å². The molecule has 3 heteroatoms. The van der Waals surface area contributed by atoms with Gasteiger partial charge in [-0.3, -0.25) is 4.98 Å². The SMILES string of the molecule is CNc1cc(C)nc2ccc(OC)cc12.